The van der Waals surface area contributed by atoms with Crippen LogP contribution < -0.4 is 5.73 Å². The van der Waals surface area contributed by atoms with Crippen molar-refractivity contribution < 1.29 is 14.0 Å². The number of benzene rings is 2. The van der Waals surface area contributed by atoms with Crippen LogP contribution in [0.4, 0.5) is 4.39 Å². The summed E-state index contributed by atoms with van der Waals surface area (Å²) in [6, 6.07) is 10.4. The van der Waals surface area contributed by atoms with Gasteiger partial charge in [-0.15, -0.1) is 0 Å². The molecule has 2 aromatic carbocycles. The average molecular weight is 435 g/mol. The van der Waals surface area contributed by atoms with Crippen LogP contribution in [0.2, 0.25) is 5.02 Å². The molecule has 0 saturated heterocycles. The van der Waals surface area contributed by atoms with Crippen molar-refractivity contribution in [2.75, 3.05) is 7.05 Å². The molecule has 0 radical (unpaired) electrons. The van der Waals surface area contributed by atoms with Crippen LogP contribution >= 0.6 is 23.2 Å². The summed E-state index contributed by atoms with van der Waals surface area (Å²) in [7, 11) is 1.56. The maximum absolute atomic E-state index is 13.6. The molecular formula is C22H21Cl2FN2O2. The number of hydrogen-bond acceptors (Lipinski definition) is 2. The molecule has 0 atom stereocenters. The van der Waals surface area contributed by atoms with Crippen LogP contribution in [0.3, 0.4) is 0 Å². The van der Waals surface area contributed by atoms with Gasteiger partial charge in [0.05, 0.1) is 5.57 Å². The van der Waals surface area contributed by atoms with Gasteiger partial charge < -0.3 is 10.6 Å². The van der Waals surface area contributed by atoms with Crippen molar-refractivity contribution >= 4 is 35.0 Å². The van der Waals surface area contributed by atoms with Crippen LogP contribution in [0.15, 0.2) is 59.4 Å². The summed E-state index contributed by atoms with van der Waals surface area (Å²) in [5.41, 5.74) is 8.72. The molecule has 0 saturated carbocycles. The topological polar surface area (TPSA) is 63.4 Å². The number of halogens is 3. The summed E-state index contributed by atoms with van der Waals surface area (Å²) >= 11 is 12.1. The number of carbonyl (C=O) groups is 2. The Bertz CT molecular complexity index is 1030. The maximum atomic E-state index is 13.6. The van der Waals surface area contributed by atoms with Crippen LogP contribution in [0, 0.1) is 6.92 Å². The zero-order valence-corrected chi connectivity index (χ0v) is 17.9. The van der Waals surface area contributed by atoms with Crippen molar-refractivity contribution in [2.24, 2.45) is 5.73 Å². The highest BCUT2D eigenvalue weighted by Gasteiger charge is 2.21. The molecular weight excluding hydrogens is 414 g/mol. The number of primary amides is 1. The molecule has 0 spiro atoms. The van der Waals surface area contributed by atoms with E-state index in [4.69, 9.17) is 28.9 Å². The van der Waals surface area contributed by atoms with E-state index in [1.165, 1.54) is 11.8 Å². The molecule has 2 N–H and O–H groups in total. The third-order valence-electron chi connectivity index (χ3n) is 4.49. The van der Waals surface area contributed by atoms with Crippen molar-refractivity contribution in [1.82, 2.24) is 4.90 Å². The number of nitrogens with two attached hydrogens (primary N) is 1. The van der Waals surface area contributed by atoms with Crippen molar-refractivity contribution in [1.29, 1.82) is 0 Å². The fraction of sp³-hybridized carbons (Fsp3) is 0.182. The Morgan fingerprint density at radius 3 is 2.38 bits per heavy atom. The first-order valence-corrected chi connectivity index (χ1v) is 9.44. The van der Waals surface area contributed by atoms with Gasteiger partial charge in [-0.2, -0.15) is 0 Å². The molecule has 2 aromatic rings. The van der Waals surface area contributed by atoms with E-state index >= 15 is 0 Å². The summed E-state index contributed by atoms with van der Waals surface area (Å²) < 4.78 is 13.6. The molecule has 0 heterocycles. The lowest BCUT2D eigenvalue weighted by Gasteiger charge is -2.20. The van der Waals surface area contributed by atoms with Gasteiger partial charge in [0.15, 0.2) is 0 Å². The van der Waals surface area contributed by atoms with Gasteiger partial charge in [-0.3, -0.25) is 9.59 Å². The van der Waals surface area contributed by atoms with Crippen molar-refractivity contribution in [3.8, 4) is 11.1 Å². The van der Waals surface area contributed by atoms with Gasteiger partial charge in [0.25, 0.3) is 5.91 Å². The van der Waals surface area contributed by atoms with E-state index in [0.29, 0.717) is 16.1 Å². The number of allylic oxidation sites excluding steroid dienone is 1. The molecule has 0 aliphatic carbocycles. The van der Waals surface area contributed by atoms with Crippen LogP contribution in [-0.4, -0.2) is 23.8 Å². The van der Waals surface area contributed by atoms with Gasteiger partial charge in [0.2, 0.25) is 5.91 Å². The minimum Gasteiger partial charge on any atom is -0.366 e. The normalized spacial score (nSPS) is 11.7. The van der Waals surface area contributed by atoms with Crippen molar-refractivity contribution in [2.45, 2.75) is 20.4 Å². The van der Waals surface area contributed by atoms with E-state index in [0.717, 1.165) is 16.7 Å². The van der Waals surface area contributed by atoms with E-state index in [1.807, 2.05) is 25.1 Å². The molecule has 0 aliphatic rings. The molecule has 29 heavy (non-hydrogen) atoms. The number of rotatable bonds is 6. The van der Waals surface area contributed by atoms with Crippen LogP contribution in [0.5, 0.6) is 0 Å². The number of carbonyl (C=O) groups excluding carboxylic acids is 2. The lowest BCUT2D eigenvalue weighted by Crippen LogP contribution is -2.28. The highest BCUT2D eigenvalue weighted by atomic mass is 35.5. The molecule has 7 heteroatoms. The highest BCUT2D eigenvalue weighted by molar-refractivity contribution is 6.33. The standard InChI is InChI=1S/C22H21Cl2FN2O2/c1-12-9-15(18-10-16(21(26)28)7-8-19(18)24)5-6-17(12)11-27(4)22(29)20(13(2)23)14(3)25/h5-10H,3,11H2,1-2,4H3,(H2,26,28)/b20-13-. The van der Waals surface area contributed by atoms with Crippen LogP contribution in [-0.2, 0) is 11.3 Å². The first-order valence-electron chi connectivity index (χ1n) is 8.68. The number of nitrogens with zero attached hydrogens (tertiary/aromatic N) is 1. The Kier molecular flexibility index (Phi) is 7.22. The third kappa shape index (κ3) is 5.25. The van der Waals surface area contributed by atoms with E-state index in [1.54, 1.807) is 25.2 Å². The molecule has 0 bridgehead atoms. The second-order valence-corrected chi connectivity index (χ2v) is 7.65. The smallest absolute Gasteiger partial charge is 0.258 e. The number of hydrogen-bond donors (Lipinski definition) is 1. The predicted octanol–water partition coefficient (Wildman–Crippen LogP) is 5.37. The largest absolute Gasteiger partial charge is 0.366 e. The zero-order valence-electron chi connectivity index (χ0n) is 16.4. The second-order valence-electron chi connectivity index (χ2n) is 6.67. The van der Waals surface area contributed by atoms with Gasteiger partial charge in [-0.05, 0) is 48.7 Å². The first kappa shape index (κ1) is 22.7. The van der Waals surface area contributed by atoms with Crippen LogP contribution in [0.25, 0.3) is 11.1 Å². The molecule has 0 aromatic heterocycles. The van der Waals surface area contributed by atoms with Gasteiger partial charge in [-0.1, -0.05) is 48.0 Å². The van der Waals surface area contributed by atoms with Gasteiger partial charge in [-0.25, -0.2) is 4.39 Å². The number of amides is 2. The average Bonchev–Trinajstić information content (AvgIpc) is 2.62. The number of aryl methyl sites for hydroxylation is 1. The molecule has 0 aliphatic heterocycles. The summed E-state index contributed by atoms with van der Waals surface area (Å²) in [6.07, 6.45) is 0. The molecule has 2 rings (SSSR count). The second kappa shape index (κ2) is 9.25. The van der Waals surface area contributed by atoms with E-state index in [9.17, 15) is 14.0 Å². The molecule has 0 fully saturated rings. The molecule has 152 valence electrons. The van der Waals surface area contributed by atoms with E-state index in [-0.39, 0.29) is 17.2 Å². The SMILES string of the molecule is C=C(F)/C(C(=O)N(C)Cc1ccc(-c2cc(C(N)=O)ccc2Cl)cc1C)=C(\C)Cl. The number of likely N-dealkylation sites (N-methyl/N-ethyl adjacent to an activating group) is 1. The fourth-order valence-corrected chi connectivity index (χ4v) is 3.32. The minimum atomic E-state index is -0.870. The minimum absolute atomic E-state index is 0.0467. The van der Waals surface area contributed by atoms with E-state index < -0.39 is 17.6 Å². The van der Waals surface area contributed by atoms with Crippen molar-refractivity contribution in [3.05, 3.63) is 81.1 Å². The van der Waals surface area contributed by atoms with Gasteiger partial charge in [0, 0.05) is 34.8 Å². The van der Waals surface area contributed by atoms with Crippen molar-refractivity contribution in [3.63, 3.8) is 0 Å². The maximum Gasteiger partial charge on any atom is 0.258 e. The summed E-state index contributed by atoms with van der Waals surface area (Å²) in [5.74, 6) is -1.96. The first-order chi connectivity index (χ1) is 13.5. The van der Waals surface area contributed by atoms with E-state index in [2.05, 4.69) is 6.58 Å². The van der Waals surface area contributed by atoms with Crippen LogP contribution in [0.1, 0.15) is 28.4 Å². The molecule has 4 nitrogen and oxygen atoms in total. The summed E-state index contributed by atoms with van der Waals surface area (Å²) in [6.45, 7) is 6.76. The Morgan fingerprint density at radius 2 is 1.86 bits per heavy atom. The molecule has 2 amide bonds. The highest BCUT2D eigenvalue weighted by Crippen LogP contribution is 2.31. The Balaban J connectivity index is 2.32. The Morgan fingerprint density at radius 1 is 1.21 bits per heavy atom. The third-order valence-corrected chi connectivity index (χ3v) is 5.01. The quantitative estimate of drug-likeness (QED) is 0.490. The lowest BCUT2D eigenvalue weighted by molar-refractivity contribution is -0.126. The van der Waals surface area contributed by atoms with Gasteiger partial charge >= 0.3 is 0 Å². The zero-order chi connectivity index (χ0) is 21.9. The summed E-state index contributed by atoms with van der Waals surface area (Å²) in [5, 5.41) is 0.536. The lowest BCUT2D eigenvalue weighted by atomic mass is 9.98. The summed E-state index contributed by atoms with van der Waals surface area (Å²) in [4.78, 5) is 25.3. The monoisotopic (exact) mass is 434 g/mol. The molecule has 0 unspecified atom stereocenters. The Hall–Kier alpha value is -2.63. The Labute approximate surface area is 179 Å². The fourth-order valence-electron chi connectivity index (χ4n) is 2.91. The van der Waals surface area contributed by atoms with Gasteiger partial charge in [0.1, 0.15) is 5.83 Å². The predicted molar refractivity (Wildman–Crippen MR) is 115 cm³/mol.